The minimum absolute atomic E-state index is 0.177. The van der Waals surface area contributed by atoms with Gasteiger partial charge in [-0.1, -0.05) is 88.4 Å². The Kier molecular flexibility index (Phi) is 14.1. The van der Waals surface area contributed by atoms with Crippen molar-refractivity contribution in [2.75, 3.05) is 0 Å². The third-order valence-corrected chi connectivity index (χ3v) is 6.77. The molecular weight excluding hydrogens is 584 g/mol. The SMILES string of the molecule is CC(C)(C)c1c[c-]c2c(c1)-c1cc(C(C)(C)C)ccc1C2.[CH2-]c1ccccc1.[CH2-]c1ccccc1.[CH2]=[Zr].c1cc[cH-]c1. The second-order valence-corrected chi connectivity index (χ2v) is 12.3. The molecule has 0 nitrogen and oxygen atoms in total. The van der Waals surface area contributed by atoms with Crippen LogP contribution in [0.25, 0.3) is 11.1 Å². The number of hydrogen-bond donors (Lipinski definition) is 0. The fourth-order valence-electron chi connectivity index (χ4n) is 4.26. The Morgan fingerprint density at radius 1 is 0.643 bits per heavy atom. The van der Waals surface area contributed by atoms with Gasteiger partial charge < -0.3 is 0 Å². The van der Waals surface area contributed by atoms with Crippen molar-refractivity contribution in [3.8, 4) is 11.1 Å². The number of benzene rings is 4. The molecule has 0 unspecified atom stereocenters. The maximum atomic E-state index is 3.72. The summed E-state index contributed by atoms with van der Waals surface area (Å²) in [6.45, 7) is 21.1. The van der Waals surface area contributed by atoms with Crippen LogP contribution in [-0.4, -0.2) is 4.21 Å². The predicted molar refractivity (Wildman–Crippen MR) is 182 cm³/mol. The Morgan fingerprint density at radius 2 is 1.12 bits per heavy atom. The normalized spacial score (nSPS) is 10.9. The average molecular weight is 630 g/mol. The predicted octanol–water partition coefficient (Wildman–Crippen LogP) is 10.8. The number of hydrogen-bond acceptors (Lipinski definition) is 0. The van der Waals surface area contributed by atoms with Gasteiger partial charge in [0.1, 0.15) is 0 Å². The summed E-state index contributed by atoms with van der Waals surface area (Å²) in [5, 5.41) is 0. The minimum atomic E-state index is 0.177. The molecule has 0 saturated carbocycles. The van der Waals surface area contributed by atoms with Crippen molar-refractivity contribution >= 4 is 4.21 Å². The van der Waals surface area contributed by atoms with Gasteiger partial charge in [0.15, 0.2) is 0 Å². The maximum absolute atomic E-state index is 3.72. The van der Waals surface area contributed by atoms with Crippen LogP contribution in [0.3, 0.4) is 0 Å². The largest absolute Gasteiger partial charge is 0.214 e. The summed E-state index contributed by atoms with van der Waals surface area (Å²) >= 11 is 1.30. The van der Waals surface area contributed by atoms with Crippen LogP contribution in [-0.2, 0) is 41.5 Å². The molecule has 0 heterocycles. The fraction of sp³-hybridized carbons (Fsp3) is 0.220. The third-order valence-electron chi connectivity index (χ3n) is 6.77. The van der Waals surface area contributed by atoms with Crippen LogP contribution in [0.2, 0.25) is 0 Å². The number of fused-ring (bicyclic) bond motifs is 3. The molecule has 5 aromatic rings. The molecule has 0 bridgehead atoms. The van der Waals surface area contributed by atoms with Crippen molar-refractivity contribution < 1.29 is 24.2 Å². The Labute approximate surface area is 271 Å². The van der Waals surface area contributed by atoms with E-state index in [0.717, 1.165) is 17.5 Å². The van der Waals surface area contributed by atoms with Crippen LogP contribution < -0.4 is 0 Å². The van der Waals surface area contributed by atoms with E-state index in [2.05, 4.69) is 96.0 Å². The topological polar surface area (TPSA) is 0 Å². The Balaban J connectivity index is 0.000000237. The summed E-state index contributed by atoms with van der Waals surface area (Å²) in [4.78, 5) is 0. The van der Waals surface area contributed by atoms with Crippen molar-refractivity contribution in [2.45, 2.75) is 58.8 Å². The molecule has 1 aliphatic carbocycles. The van der Waals surface area contributed by atoms with E-state index in [9.17, 15) is 0 Å². The van der Waals surface area contributed by atoms with Crippen molar-refractivity contribution in [1.82, 2.24) is 0 Å². The van der Waals surface area contributed by atoms with Crippen LogP contribution in [0.1, 0.15) is 74.9 Å². The second-order valence-electron chi connectivity index (χ2n) is 12.3. The van der Waals surface area contributed by atoms with Crippen LogP contribution >= 0.6 is 0 Å². The van der Waals surface area contributed by atoms with Crippen LogP contribution in [0.15, 0.2) is 121 Å². The van der Waals surface area contributed by atoms with Gasteiger partial charge in [0.2, 0.25) is 0 Å². The van der Waals surface area contributed by atoms with Crippen LogP contribution in [0.4, 0.5) is 0 Å². The van der Waals surface area contributed by atoms with E-state index >= 15 is 0 Å². The van der Waals surface area contributed by atoms with Gasteiger partial charge in [-0.15, -0.1) is 29.8 Å². The molecule has 0 N–H and O–H groups in total. The van der Waals surface area contributed by atoms with E-state index < -0.39 is 0 Å². The molecule has 0 fully saturated rings. The van der Waals surface area contributed by atoms with E-state index in [4.69, 9.17) is 0 Å². The Bertz CT molecular complexity index is 1310. The summed E-state index contributed by atoms with van der Waals surface area (Å²) in [7, 11) is 0. The van der Waals surface area contributed by atoms with Crippen LogP contribution in [0, 0.1) is 19.9 Å². The molecule has 0 radical (unpaired) electrons. The van der Waals surface area contributed by atoms with Crippen LogP contribution in [0.5, 0.6) is 0 Å². The van der Waals surface area contributed by atoms with Gasteiger partial charge in [0.25, 0.3) is 0 Å². The molecule has 0 amide bonds. The van der Waals surface area contributed by atoms with Crippen molar-refractivity contribution in [3.05, 3.63) is 175 Å². The molecule has 5 aromatic carbocycles. The Hall–Kier alpha value is -3.28. The fourth-order valence-corrected chi connectivity index (χ4v) is 4.26. The van der Waals surface area contributed by atoms with E-state index in [1.165, 1.54) is 57.6 Å². The molecule has 0 aromatic heterocycles. The zero-order valence-electron chi connectivity index (χ0n) is 26.4. The molecule has 42 heavy (non-hydrogen) atoms. The monoisotopic (exact) mass is 628 g/mol. The molecule has 0 aliphatic heterocycles. The third kappa shape index (κ3) is 11.5. The molecule has 1 aliphatic rings. The number of rotatable bonds is 0. The molecular formula is C41H46Zr-4. The van der Waals surface area contributed by atoms with E-state index in [1.807, 2.05) is 91.0 Å². The molecule has 0 saturated heterocycles. The molecule has 0 atom stereocenters. The summed E-state index contributed by atoms with van der Waals surface area (Å²) in [6, 6.07) is 44.8. The minimum Gasteiger partial charge on any atom is -0.214 e. The van der Waals surface area contributed by atoms with Crippen molar-refractivity contribution in [3.63, 3.8) is 0 Å². The van der Waals surface area contributed by atoms with Gasteiger partial charge >= 0.3 is 28.4 Å². The summed E-state index contributed by atoms with van der Waals surface area (Å²) in [5.41, 5.74) is 10.9. The first-order valence-electron chi connectivity index (χ1n) is 14.4. The first-order chi connectivity index (χ1) is 19.9. The smallest absolute Gasteiger partial charge is 0.172 e. The molecule has 218 valence electrons. The second kappa shape index (κ2) is 17.0. The van der Waals surface area contributed by atoms with Gasteiger partial charge in [0.05, 0.1) is 0 Å². The van der Waals surface area contributed by atoms with Gasteiger partial charge in [0, 0.05) is 0 Å². The summed E-state index contributed by atoms with van der Waals surface area (Å²) in [6.07, 6.45) is 1.03. The van der Waals surface area contributed by atoms with Crippen molar-refractivity contribution in [2.24, 2.45) is 0 Å². The van der Waals surface area contributed by atoms with Crippen molar-refractivity contribution in [1.29, 1.82) is 0 Å². The first-order valence-corrected chi connectivity index (χ1v) is 16.1. The van der Waals surface area contributed by atoms with E-state index in [-0.39, 0.29) is 10.8 Å². The molecule has 1 heteroatoms. The summed E-state index contributed by atoms with van der Waals surface area (Å²) < 4.78 is 3.34. The van der Waals surface area contributed by atoms with Gasteiger partial charge in [-0.05, 0) is 17.4 Å². The zero-order chi connectivity index (χ0) is 31.2. The zero-order valence-corrected chi connectivity index (χ0v) is 28.8. The van der Waals surface area contributed by atoms with Gasteiger partial charge in [-0.25, -0.2) is 12.1 Å². The summed E-state index contributed by atoms with van der Waals surface area (Å²) in [5.74, 6) is 0. The average Bonchev–Trinajstić information content (AvgIpc) is 3.66. The maximum Gasteiger partial charge on any atom is -0.172 e. The van der Waals surface area contributed by atoms with E-state index in [1.54, 1.807) is 0 Å². The first kappa shape index (κ1) is 34.9. The van der Waals surface area contributed by atoms with Gasteiger partial charge in [-0.2, -0.15) is 96.8 Å². The molecule has 0 spiro atoms. The van der Waals surface area contributed by atoms with E-state index in [0.29, 0.717) is 0 Å². The Morgan fingerprint density at radius 3 is 1.50 bits per heavy atom. The van der Waals surface area contributed by atoms with Gasteiger partial charge in [-0.3, -0.25) is 0 Å². The molecule has 6 rings (SSSR count). The standard InChI is InChI=1S/C21H25.2C7H7.C5H5.CH2.Zr/c1-20(2,3)16-9-7-14-11-15-8-10-17(21(4,5)6)13-19(15)18(14)12-16;2*1-7-5-3-2-4-6-7;1-2-4-5-3-1;;/h7,9-10,12-13H,11H2,1-6H3;2*2-6H,1H2;1-5H;1H2;/q4*-1;;. The quantitative estimate of drug-likeness (QED) is 0.147.